The van der Waals surface area contributed by atoms with Gasteiger partial charge in [0.15, 0.2) is 0 Å². The molecular weight excluding hydrogens is 669 g/mol. The number of H-pyrrole nitrogens is 1. The first-order valence-electron chi connectivity index (χ1n) is 18.2. The van der Waals surface area contributed by atoms with Gasteiger partial charge in [0.25, 0.3) is 0 Å². The predicted molar refractivity (Wildman–Crippen MR) is 192 cm³/mol. The van der Waals surface area contributed by atoms with Crippen molar-refractivity contribution in [3.8, 4) is 0 Å². The van der Waals surface area contributed by atoms with Crippen molar-refractivity contribution < 1.29 is 38.1 Å². The maximum atomic E-state index is 14.9. The number of hydrogen-bond acceptors (Lipinski definition) is 7. The second-order valence-electron chi connectivity index (χ2n) is 15.4. The van der Waals surface area contributed by atoms with Crippen LogP contribution in [0.15, 0.2) is 54.7 Å². The third-order valence-electron chi connectivity index (χ3n) is 10.8. The van der Waals surface area contributed by atoms with Gasteiger partial charge in [0, 0.05) is 43.2 Å². The number of β-amino-alcohol motifs (C(OH)–C–C–N with tert-alkyl or cyclic N) is 1. The molecule has 12 nitrogen and oxygen atoms in total. The summed E-state index contributed by atoms with van der Waals surface area (Å²) in [5, 5.41) is 15.4. The molecule has 0 bridgehead atoms. The first-order valence-corrected chi connectivity index (χ1v) is 18.2. The summed E-state index contributed by atoms with van der Waals surface area (Å²) in [5.74, 6) is -1.88. The molecule has 3 aliphatic rings. The van der Waals surface area contributed by atoms with Gasteiger partial charge in [-0.15, -0.1) is 0 Å². The van der Waals surface area contributed by atoms with E-state index in [9.17, 15) is 28.7 Å². The van der Waals surface area contributed by atoms with Crippen LogP contribution in [0, 0.1) is 11.7 Å². The molecule has 0 radical (unpaired) electrons. The number of nitrogens with zero attached hydrogens (tertiary/aromatic N) is 3. The summed E-state index contributed by atoms with van der Waals surface area (Å²) in [6.45, 7) is 6.94. The third-order valence-corrected chi connectivity index (χ3v) is 10.8. The highest BCUT2D eigenvalue weighted by Crippen LogP contribution is 2.44. The highest BCUT2D eigenvalue weighted by molar-refractivity contribution is 5.92. The number of ether oxygens (including phenoxy) is 2. The second kappa shape index (κ2) is 15.1. The van der Waals surface area contributed by atoms with E-state index in [4.69, 9.17) is 9.47 Å². The van der Waals surface area contributed by atoms with Crippen LogP contribution in [0.5, 0.6) is 0 Å². The molecule has 3 fully saturated rings. The van der Waals surface area contributed by atoms with Gasteiger partial charge in [-0.1, -0.05) is 49.6 Å². The van der Waals surface area contributed by atoms with E-state index in [1.54, 1.807) is 44.9 Å². The Morgan fingerprint density at radius 1 is 1.02 bits per heavy atom. The number of fused-ring (bicyclic) bond motifs is 2. The fourth-order valence-corrected chi connectivity index (χ4v) is 8.05. The molecule has 6 atom stereocenters. The number of aliphatic hydroxyl groups excluding tert-OH is 1. The minimum absolute atomic E-state index is 0.0367. The SMILES string of the molecule is CC(C(=O)NC(C(=O)N1CC(O)C2C1C(c1c[nH]c3cc(F)ccc13)CN2C(=O)OCc1ccccc1)C1CCCCC1)N(C)C(=O)OC(C)(C)C. The molecule has 4 amide bonds. The minimum Gasteiger partial charge on any atom is -0.445 e. The normalized spacial score (nSPS) is 23.2. The number of halogens is 1. The van der Waals surface area contributed by atoms with Crippen molar-refractivity contribution in [3.63, 3.8) is 0 Å². The minimum atomic E-state index is -1.09. The Morgan fingerprint density at radius 3 is 2.42 bits per heavy atom. The van der Waals surface area contributed by atoms with Gasteiger partial charge in [0.1, 0.15) is 30.1 Å². The molecule has 1 saturated carbocycles. The Balaban J connectivity index is 1.31. The lowest BCUT2D eigenvalue weighted by Crippen LogP contribution is -2.58. The third kappa shape index (κ3) is 7.74. The Bertz CT molecular complexity index is 1770. The smallest absolute Gasteiger partial charge is 0.410 e. The lowest BCUT2D eigenvalue weighted by Gasteiger charge is -2.37. The average Bonchev–Trinajstić information content (AvgIpc) is 3.82. The molecule has 2 aromatic carbocycles. The summed E-state index contributed by atoms with van der Waals surface area (Å²) in [6.07, 6.45) is 3.70. The zero-order valence-electron chi connectivity index (χ0n) is 30.5. The average molecular weight is 720 g/mol. The molecule has 13 heteroatoms. The second-order valence-corrected chi connectivity index (χ2v) is 15.4. The number of aromatic nitrogens is 1. The molecule has 3 N–H and O–H groups in total. The molecule has 0 spiro atoms. The number of aromatic amines is 1. The maximum absolute atomic E-state index is 14.9. The number of carbonyl (C=O) groups is 4. The summed E-state index contributed by atoms with van der Waals surface area (Å²) >= 11 is 0. The molecular formula is C39H50FN5O7. The van der Waals surface area contributed by atoms with Crippen molar-refractivity contribution in [1.82, 2.24) is 25.0 Å². The van der Waals surface area contributed by atoms with E-state index >= 15 is 0 Å². The lowest BCUT2D eigenvalue weighted by atomic mass is 9.82. The highest BCUT2D eigenvalue weighted by atomic mass is 19.1. The van der Waals surface area contributed by atoms with Crippen LogP contribution >= 0.6 is 0 Å². The number of amides is 4. The molecule has 2 saturated heterocycles. The molecule has 280 valence electrons. The number of aliphatic hydroxyl groups is 1. The van der Waals surface area contributed by atoms with Crippen LogP contribution in [-0.4, -0.2) is 105 Å². The van der Waals surface area contributed by atoms with Crippen molar-refractivity contribution in [1.29, 1.82) is 0 Å². The van der Waals surface area contributed by atoms with Crippen LogP contribution in [0.1, 0.15) is 76.8 Å². The van der Waals surface area contributed by atoms with Gasteiger partial charge in [-0.3, -0.25) is 19.4 Å². The Kier molecular flexibility index (Phi) is 10.8. The van der Waals surface area contributed by atoms with Crippen molar-refractivity contribution in [3.05, 3.63) is 71.7 Å². The maximum Gasteiger partial charge on any atom is 0.410 e. The molecule has 3 aromatic rings. The molecule has 52 heavy (non-hydrogen) atoms. The summed E-state index contributed by atoms with van der Waals surface area (Å²) in [5.41, 5.74) is 1.40. The predicted octanol–water partition coefficient (Wildman–Crippen LogP) is 5.30. The summed E-state index contributed by atoms with van der Waals surface area (Å²) in [6, 6.07) is 10.4. The first-order chi connectivity index (χ1) is 24.7. The van der Waals surface area contributed by atoms with E-state index in [0.717, 1.165) is 48.6 Å². The fourth-order valence-electron chi connectivity index (χ4n) is 8.05. The Labute approximate surface area is 303 Å². The summed E-state index contributed by atoms with van der Waals surface area (Å²) in [4.78, 5) is 62.7. The molecule has 2 aliphatic heterocycles. The zero-order chi connectivity index (χ0) is 37.3. The molecule has 3 heterocycles. The van der Waals surface area contributed by atoms with Gasteiger partial charge in [0.05, 0.1) is 18.2 Å². The largest absolute Gasteiger partial charge is 0.445 e. The first kappa shape index (κ1) is 37.1. The van der Waals surface area contributed by atoms with Crippen LogP contribution in [0.4, 0.5) is 14.0 Å². The van der Waals surface area contributed by atoms with E-state index in [2.05, 4.69) is 10.3 Å². The zero-order valence-corrected chi connectivity index (χ0v) is 30.5. The number of likely N-dealkylation sites (N-methyl/N-ethyl adjacent to an activating group) is 1. The summed E-state index contributed by atoms with van der Waals surface area (Å²) < 4.78 is 25.4. The molecule has 1 aliphatic carbocycles. The molecule has 6 rings (SSSR count). The fraction of sp³-hybridized carbons (Fsp3) is 0.538. The van der Waals surface area contributed by atoms with E-state index < -0.39 is 65.7 Å². The number of hydrogen-bond donors (Lipinski definition) is 3. The Morgan fingerprint density at radius 2 is 1.73 bits per heavy atom. The van der Waals surface area contributed by atoms with Gasteiger partial charge in [0.2, 0.25) is 11.8 Å². The number of benzene rings is 2. The number of carbonyl (C=O) groups excluding carboxylic acids is 4. The van der Waals surface area contributed by atoms with Gasteiger partial charge in [-0.2, -0.15) is 0 Å². The van der Waals surface area contributed by atoms with Crippen molar-refractivity contribution >= 4 is 34.9 Å². The molecule has 6 unspecified atom stereocenters. The monoisotopic (exact) mass is 719 g/mol. The number of rotatable bonds is 8. The van der Waals surface area contributed by atoms with E-state index in [-0.39, 0.29) is 31.5 Å². The van der Waals surface area contributed by atoms with Crippen LogP contribution < -0.4 is 5.32 Å². The lowest BCUT2D eigenvalue weighted by molar-refractivity contribution is -0.140. The van der Waals surface area contributed by atoms with Gasteiger partial charge >= 0.3 is 12.2 Å². The van der Waals surface area contributed by atoms with Crippen molar-refractivity contribution in [2.45, 2.75) is 108 Å². The van der Waals surface area contributed by atoms with E-state index in [1.807, 2.05) is 30.3 Å². The standard InChI is InChI=1S/C39H50FN5O7/c1-23(43(5)37(49)52-39(2,3)4)35(47)42-32(25-14-10-7-11-15-25)36(48)44-21-31(46)34-33(44)29(28-19-41-30-18-26(40)16-17-27(28)30)20-45(34)38(50)51-22-24-12-8-6-9-13-24/h6,8-9,12-13,16-19,23,25,29,31-34,41,46H,7,10-11,14-15,20-22H2,1-5H3,(H,42,47). The number of likely N-dealkylation sites (tertiary alicyclic amines) is 2. The van der Waals surface area contributed by atoms with Crippen LogP contribution in [-0.2, 0) is 25.7 Å². The highest BCUT2D eigenvalue weighted by Gasteiger charge is 2.58. The topological polar surface area (TPSA) is 145 Å². The van der Waals surface area contributed by atoms with E-state index in [1.165, 1.54) is 29.0 Å². The molecule has 1 aromatic heterocycles. The van der Waals surface area contributed by atoms with Crippen molar-refractivity contribution in [2.24, 2.45) is 5.92 Å². The van der Waals surface area contributed by atoms with Crippen LogP contribution in [0.25, 0.3) is 10.9 Å². The van der Waals surface area contributed by atoms with Gasteiger partial charge < -0.3 is 29.8 Å². The Hall–Kier alpha value is -4.65. The van der Waals surface area contributed by atoms with E-state index in [0.29, 0.717) is 5.52 Å². The van der Waals surface area contributed by atoms with Crippen LogP contribution in [0.2, 0.25) is 0 Å². The van der Waals surface area contributed by atoms with Crippen molar-refractivity contribution in [2.75, 3.05) is 20.1 Å². The van der Waals surface area contributed by atoms with Gasteiger partial charge in [-0.25, -0.2) is 14.0 Å². The summed E-state index contributed by atoms with van der Waals surface area (Å²) in [7, 11) is 1.48. The quantitative estimate of drug-likeness (QED) is 0.287. The number of nitrogens with one attached hydrogen (secondary N) is 2. The van der Waals surface area contributed by atoms with Crippen LogP contribution in [0.3, 0.4) is 0 Å². The van der Waals surface area contributed by atoms with Gasteiger partial charge in [-0.05, 0) is 75.8 Å².